The van der Waals surface area contributed by atoms with Crippen molar-refractivity contribution in [1.29, 1.82) is 0 Å². The molecule has 1 heterocycles. The van der Waals surface area contributed by atoms with Crippen LogP contribution in [0.15, 0.2) is 28.8 Å². The minimum atomic E-state index is -1.14. The van der Waals surface area contributed by atoms with Crippen LogP contribution in [0.4, 0.5) is 0 Å². The quantitative estimate of drug-likeness (QED) is 0.163. The van der Waals surface area contributed by atoms with Crippen LogP contribution in [0.3, 0.4) is 0 Å². The predicted octanol–water partition coefficient (Wildman–Crippen LogP) is 2.03. The van der Waals surface area contributed by atoms with Crippen molar-refractivity contribution < 1.29 is 19.5 Å². The summed E-state index contributed by atoms with van der Waals surface area (Å²) in [6, 6.07) is 2.54. The first-order chi connectivity index (χ1) is 13.6. The molecular formula is C19H28N4O4S2. The smallest absolute Gasteiger partial charge is 0.326 e. The molecule has 160 valence electrons. The SMILES string of the molecule is C/C=C(\NC(=O)c1nc(CNC(C)S)ccc1SC)C(=O)N[C@H](C(=O)O)C(C)C. The van der Waals surface area contributed by atoms with Gasteiger partial charge in [0.25, 0.3) is 11.8 Å². The van der Waals surface area contributed by atoms with E-state index in [-0.39, 0.29) is 22.7 Å². The monoisotopic (exact) mass is 440 g/mol. The number of hydrogen-bond donors (Lipinski definition) is 5. The molecule has 10 heteroatoms. The van der Waals surface area contributed by atoms with Crippen molar-refractivity contribution in [2.45, 2.75) is 50.6 Å². The lowest BCUT2D eigenvalue weighted by atomic mass is 10.0. The number of thiol groups is 1. The topological polar surface area (TPSA) is 120 Å². The van der Waals surface area contributed by atoms with Crippen molar-refractivity contribution in [2.75, 3.05) is 6.26 Å². The maximum atomic E-state index is 12.8. The van der Waals surface area contributed by atoms with Crippen molar-refractivity contribution >= 4 is 42.2 Å². The molecular weight excluding hydrogens is 412 g/mol. The molecule has 0 aliphatic heterocycles. The fourth-order valence-corrected chi connectivity index (χ4v) is 2.97. The zero-order valence-corrected chi connectivity index (χ0v) is 18.9. The Hall–Kier alpha value is -2.04. The highest BCUT2D eigenvalue weighted by molar-refractivity contribution is 7.98. The van der Waals surface area contributed by atoms with Gasteiger partial charge in [0, 0.05) is 16.8 Å². The van der Waals surface area contributed by atoms with E-state index < -0.39 is 23.8 Å². The van der Waals surface area contributed by atoms with Crippen LogP contribution in [0.1, 0.15) is 43.9 Å². The summed E-state index contributed by atoms with van der Waals surface area (Å²) >= 11 is 5.62. The Morgan fingerprint density at radius 3 is 2.41 bits per heavy atom. The van der Waals surface area contributed by atoms with Gasteiger partial charge in [0.05, 0.1) is 5.69 Å². The van der Waals surface area contributed by atoms with Crippen LogP contribution in [0.2, 0.25) is 0 Å². The largest absolute Gasteiger partial charge is 0.480 e. The second-order valence-electron chi connectivity index (χ2n) is 6.60. The number of carboxylic acid groups (broad SMARTS) is 1. The zero-order valence-electron chi connectivity index (χ0n) is 17.1. The minimum absolute atomic E-state index is 0.0317. The second kappa shape index (κ2) is 11.8. The average molecular weight is 441 g/mol. The Kier molecular flexibility index (Phi) is 10.2. The Labute approximate surface area is 180 Å². The molecule has 0 saturated carbocycles. The number of nitrogens with zero attached hydrogens (tertiary/aromatic N) is 1. The van der Waals surface area contributed by atoms with Crippen LogP contribution in [0.25, 0.3) is 0 Å². The molecule has 0 radical (unpaired) electrons. The fourth-order valence-electron chi connectivity index (χ4n) is 2.34. The maximum absolute atomic E-state index is 12.8. The van der Waals surface area contributed by atoms with E-state index in [4.69, 9.17) is 0 Å². The third kappa shape index (κ3) is 7.71. The van der Waals surface area contributed by atoms with Gasteiger partial charge < -0.3 is 21.1 Å². The van der Waals surface area contributed by atoms with Gasteiger partial charge >= 0.3 is 5.97 Å². The summed E-state index contributed by atoms with van der Waals surface area (Å²) in [5, 5.41) is 17.3. The number of hydrogen-bond acceptors (Lipinski definition) is 7. The van der Waals surface area contributed by atoms with Gasteiger partial charge in [-0.15, -0.1) is 11.8 Å². The predicted molar refractivity (Wildman–Crippen MR) is 117 cm³/mol. The van der Waals surface area contributed by atoms with E-state index >= 15 is 0 Å². The van der Waals surface area contributed by atoms with E-state index in [1.165, 1.54) is 17.8 Å². The van der Waals surface area contributed by atoms with Crippen LogP contribution in [0, 0.1) is 5.92 Å². The number of thioether (sulfide) groups is 1. The summed E-state index contributed by atoms with van der Waals surface area (Å²) in [7, 11) is 0. The second-order valence-corrected chi connectivity index (χ2v) is 8.22. The number of rotatable bonds is 10. The lowest BCUT2D eigenvalue weighted by molar-refractivity contribution is -0.142. The van der Waals surface area contributed by atoms with E-state index in [1.807, 2.05) is 19.2 Å². The van der Waals surface area contributed by atoms with E-state index in [1.54, 1.807) is 26.8 Å². The van der Waals surface area contributed by atoms with Crippen molar-refractivity contribution in [3.63, 3.8) is 0 Å². The van der Waals surface area contributed by atoms with Crippen LogP contribution in [0.5, 0.6) is 0 Å². The van der Waals surface area contributed by atoms with Gasteiger partial charge in [0.2, 0.25) is 0 Å². The molecule has 0 aromatic carbocycles. The standard InChI is InChI=1S/C19H28N4O4S2/c1-6-13(17(24)23-15(10(2)3)19(26)27)22-18(25)16-14(29-5)8-7-12(21-16)9-20-11(4)28/h6-8,10-11,15,20,28H,9H2,1-5H3,(H,22,25)(H,23,24)(H,26,27)/b13-6-/t11?,15-/m0/s1. The highest BCUT2D eigenvalue weighted by Crippen LogP contribution is 2.19. The van der Waals surface area contributed by atoms with Gasteiger partial charge in [-0.1, -0.05) is 19.9 Å². The minimum Gasteiger partial charge on any atom is -0.480 e. The van der Waals surface area contributed by atoms with Crippen LogP contribution in [-0.4, -0.2) is 45.5 Å². The Morgan fingerprint density at radius 2 is 1.93 bits per heavy atom. The van der Waals surface area contributed by atoms with Gasteiger partial charge in [-0.3, -0.25) is 9.59 Å². The highest BCUT2D eigenvalue weighted by atomic mass is 32.2. The first-order valence-corrected chi connectivity index (χ1v) is 10.8. The number of amides is 2. The van der Waals surface area contributed by atoms with Gasteiger partial charge in [-0.2, -0.15) is 12.6 Å². The van der Waals surface area contributed by atoms with Gasteiger partial charge in [0.1, 0.15) is 17.4 Å². The van der Waals surface area contributed by atoms with Gasteiger partial charge in [0.15, 0.2) is 0 Å². The van der Waals surface area contributed by atoms with Gasteiger partial charge in [-0.05, 0) is 38.2 Å². The first-order valence-electron chi connectivity index (χ1n) is 9.07. The number of carboxylic acids is 1. The molecule has 1 aromatic rings. The Bertz CT molecular complexity index is 781. The van der Waals surface area contributed by atoms with E-state index in [9.17, 15) is 19.5 Å². The normalized spacial score (nSPS) is 13.7. The average Bonchev–Trinajstić information content (AvgIpc) is 2.67. The van der Waals surface area contributed by atoms with Crippen molar-refractivity contribution in [1.82, 2.24) is 20.9 Å². The summed E-state index contributed by atoms with van der Waals surface area (Å²) in [5.41, 5.74) is 0.809. The van der Waals surface area contributed by atoms with E-state index in [0.717, 1.165) is 0 Å². The summed E-state index contributed by atoms with van der Waals surface area (Å²) in [6.45, 7) is 7.27. The number of allylic oxidation sites excluding steroid dienone is 1. The molecule has 0 aliphatic rings. The summed E-state index contributed by atoms with van der Waals surface area (Å²) in [4.78, 5) is 41.6. The highest BCUT2D eigenvalue weighted by Gasteiger charge is 2.26. The summed E-state index contributed by atoms with van der Waals surface area (Å²) in [5.74, 6) is -2.67. The molecule has 0 spiro atoms. The number of aromatic nitrogens is 1. The van der Waals surface area contributed by atoms with E-state index in [2.05, 4.69) is 33.6 Å². The van der Waals surface area contributed by atoms with Crippen molar-refractivity contribution in [2.24, 2.45) is 5.92 Å². The van der Waals surface area contributed by atoms with Gasteiger partial charge in [-0.25, -0.2) is 9.78 Å². The zero-order chi connectivity index (χ0) is 22.1. The molecule has 29 heavy (non-hydrogen) atoms. The van der Waals surface area contributed by atoms with Crippen LogP contribution >= 0.6 is 24.4 Å². The number of aliphatic carboxylic acids is 1. The van der Waals surface area contributed by atoms with Crippen molar-refractivity contribution in [3.05, 3.63) is 35.3 Å². The summed E-state index contributed by atoms with van der Waals surface area (Å²) in [6.07, 6.45) is 3.24. The summed E-state index contributed by atoms with van der Waals surface area (Å²) < 4.78 is 0. The molecule has 0 saturated heterocycles. The van der Waals surface area contributed by atoms with Crippen LogP contribution in [-0.2, 0) is 16.1 Å². The fraction of sp³-hybridized carbons (Fsp3) is 0.474. The molecule has 4 N–H and O–H groups in total. The molecule has 0 fully saturated rings. The van der Waals surface area contributed by atoms with E-state index in [0.29, 0.717) is 17.1 Å². The molecule has 1 unspecified atom stereocenters. The molecule has 2 amide bonds. The molecule has 2 atom stereocenters. The number of nitrogens with one attached hydrogen (secondary N) is 3. The first kappa shape index (κ1) is 25.0. The lowest BCUT2D eigenvalue weighted by Gasteiger charge is -2.19. The Balaban J connectivity index is 3.00. The molecule has 1 aromatic heterocycles. The Morgan fingerprint density at radius 1 is 1.28 bits per heavy atom. The molecule has 1 rings (SSSR count). The third-order valence-electron chi connectivity index (χ3n) is 3.93. The molecule has 0 bridgehead atoms. The molecule has 8 nitrogen and oxygen atoms in total. The van der Waals surface area contributed by atoms with Crippen LogP contribution < -0.4 is 16.0 Å². The maximum Gasteiger partial charge on any atom is 0.326 e. The molecule has 0 aliphatic carbocycles. The number of carbonyl (C=O) groups is 3. The number of carbonyl (C=O) groups excluding carboxylic acids is 2. The van der Waals surface area contributed by atoms with Crippen molar-refractivity contribution in [3.8, 4) is 0 Å². The third-order valence-corrected chi connectivity index (χ3v) is 4.88. The lowest BCUT2D eigenvalue weighted by Crippen LogP contribution is -2.47. The number of pyridine rings is 1.